The summed E-state index contributed by atoms with van der Waals surface area (Å²) in [6, 6.07) is 9.92. The number of rotatable bonds is 10. The predicted octanol–water partition coefficient (Wildman–Crippen LogP) is 4.02. The van der Waals surface area contributed by atoms with Crippen LogP contribution in [-0.2, 0) is 19.5 Å². The Hall–Kier alpha value is -3.27. The Bertz CT molecular complexity index is 1000. The predicted molar refractivity (Wildman–Crippen MR) is 116 cm³/mol. The average molecular weight is 451 g/mol. The second-order valence-corrected chi connectivity index (χ2v) is 8.06. The van der Waals surface area contributed by atoms with E-state index in [1.54, 1.807) is 6.92 Å². The third-order valence-corrected chi connectivity index (χ3v) is 5.48. The normalized spacial score (nSPS) is 10.8. The van der Waals surface area contributed by atoms with Gasteiger partial charge >= 0.3 is 12.1 Å². The molecule has 0 radical (unpaired) electrons. The minimum Gasteiger partial charge on any atom is -0.495 e. The molecule has 0 saturated heterocycles. The Labute approximate surface area is 181 Å². The topological polar surface area (TPSA) is 120 Å². The number of benzene rings is 2. The maximum atomic E-state index is 12.8. The number of ether oxygens (including phenoxy) is 3. The van der Waals surface area contributed by atoms with Gasteiger partial charge in [0.15, 0.2) is 0 Å². The number of hydrogen-bond acceptors (Lipinski definition) is 7. The summed E-state index contributed by atoms with van der Waals surface area (Å²) in [4.78, 5) is 23.6. The number of hydrogen-bond donors (Lipinski definition) is 2. The summed E-state index contributed by atoms with van der Waals surface area (Å²) in [6.07, 6.45) is 0.958. The van der Waals surface area contributed by atoms with E-state index in [0.29, 0.717) is 12.2 Å². The zero-order chi connectivity index (χ0) is 22.9. The van der Waals surface area contributed by atoms with Crippen molar-refractivity contribution in [2.75, 3.05) is 30.4 Å². The molecule has 0 heterocycles. The molecular weight excluding hydrogens is 424 g/mol. The van der Waals surface area contributed by atoms with Crippen molar-refractivity contribution in [2.24, 2.45) is 0 Å². The number of esters is 1. The van der Waals surface area contributed by atoms with Crippen molar-refractivity contribution in [3.05, 3.63) is 48.0 Å². The van der Waals surface area contributed by atoms with Crippen LogP contribution in [0.2, 0.25) is 0 Å². The molecule has 1 amide bonds. The molecule has 31 heavy (non-hydrogen) atoms. The lowest BCUT2D eigenvalue weighted by molar-refractivity contribution is 0.0499. The van der Waals surface area contributed by atoms with E-state index < -0.39 is 22.1 Å². The van der Waals surface area contributed by atoms with Crippen LogP contribution < -0.4 is 14.8 Å². The van der Waals surface area contributed by atoms with Crippen molar-refractivity contribution in [3.63, 3.8) is 0 Å². The molecule has 0 aromatic heterocycles. The number of amides is 1. The molecule has 0 unspecified atom stereocenters. The number of unbranched alkanes of at least 4 members (excludes halogenated alkanes) is 1. The average Bonchev–Trinajstić information content (AvgIpc) is 2.74. The lowest BCUT2D eigenvalue weighted by Crippen LogP contribution is -2.16. The molecular formula is C21H26N2O7S. The SMILES string of the molecule is CCCCOC(=O)c1ccc(NS(=O)(=O)c2ccc(OC)c(NC(=O)OCC)c2)cc1. The minimum atomic E-state index is -3.97. The first-order valence-electron chi connectivity index (χ1n) is 9.72. The van der Waals surface area contributed by atoms with Crippen LogP contribution in [0, 0.1) is 0 Å². The number of carbonyl (C=O) groups excluding carboxylic acids is 2. The fourth-order valence-corrected chi connectivity index (χ4v) is 3.59. The molecule has 0 atom stereocenters. The van der Waals surface area contributed by atoms with Gasteiger partial charge in [0.05, 0.1) is 36.5 Å². The Balaban J connectivity index is 2.16. The van der Waals surface area contributed by atoms with Crippen molar-refractivity contribution < 1.29 is 32.2 Å². The molecule has 0 aliphatic carbocycles. The summed E-state index contributed by atoms with van der Waals surface area (Å²) in [5.41, 5.74) is 0.735. The molecule has 0 bridgehead atoms. The molecule has 10 heteroatoms. The standard InChI is InChI=1S/C21H26N2O7S/c1-4-6-13-30-20(24)15-7-9-16(10-8-15)23-31(26,27)17-11-12-19(28-3)18(14-17)22-21(25)29-5-2/h7-12,14,23H,4-6,13H2,1-3H3,(H,22,25). The van der Waals surface area contributed by atoms with Gasteiger partial charge in [-0.2, -0.15) is 0 Å². The number of methoxy groups -OCH3 is 1. The molecule has 0 saturated carbocycles. The molecule has 2 aromatic carbocycles. The van der Waals surface area contributed by atoms with Crippen molar-refractivity contribution in [1.29, 1.82) is 0 Å². The molecule has 2 rings (SSSR count). The lowest BCUT2D eigenvalue weighted by Gasteiger charge is -2.13. The van der Waals surface area contributed by atoms with E-state index in [4.69, 9.17) is 14.2 Å². The maximum Gasteiger partial charge on any atom is 0.411 e. The highest BCUT2D eigenvalue weighted by molar-refractivity contribution is 7.92. The van der Waals surface area contributed by atoms with Gasteiger partial charge in [-0.05, 0) is 55.8 Å². The Morgan fingerprint density at radius 1 is 1.00 bits per heavy atom. The van der Waals surface area contributed by atoms with Gasteiger partial charge in [-0.3, -0.25) is 10.0 Å². The molecule has 0 fully saturated rings. The first kappa shape index (κ1) is 24.0. The molecule has 2 N–H and O–H groups in total. The molecule has 9 nitrogen and oxygen atoms in total. The van der Waals surface area contributed by atoms with Crippen LogP contribution in [0.1, 0.15) is 37.0 Å². The highest BCUT2D eigenvalue weighted by atomic mass is 32.2. The largest absolute Gasteiger partial charge is 0.495 e. The van der Waals surface area contributed by atoms with Crippen LogP contribution in [0.15, 0.2) is 47.4 Å². The first-order valence-corrected chi connectivity index (χ1v) is 11.2. The van der Waals surface area contributed by atoms with E-state index >= 15 is 0 Å². The molecule has 0 aliphatic rings. The van der Waals surface area contributed by atoms with Gasteiger partial charge in [0.25, 0.3) is 10.0 Å². The molecule has 168 valence electrons. The smallest absolute Gasteiger partial charge is 0.411 e. The van der Waals surface area contributed by atoms with Crippen LogP contribution in [0.3, 0.4) is 0 Å². The van der Waals surface area contributed by atoms with Crippen LogP contribution in [0.4, 0.5) is 16.2 Å². The molecule has 0 spiro atoms. The van der Waals surface area contributed by atoms with E-state index in [-0.39, 0.29) is 28.6 Å². The number of carbonyl (C=O) groups is 2. The van der Waals surface area contributed by atoms with E-state index in [1.165, 1.54) is 49.6 Å². The highest BCUT2D eigenvalue weighted by Gasteiger charge is 2.18. The van der Waals surface area contributed by atoms with Gasteiger partial charge in [0.2, 0.25) is 0 Å². The van der Waals surface area contributed by atoms with Crippen LogP contribution >= 0.6 is 0 Å². The zero-order valence-corrected chi connectivity index (χ0v) is 18.5. The van der Waals surface area contributed by atoms with Crippen molar-refractivity contribution in [1.82, 2.24) is 0 Å². The van der Waals surface area contributed by atoms with Gasteiger partial charge in [0.1, 0.15) is 5.75 Å². The summed E-state index contributed by atoms with van der Waals surface area (Å²) in [7, 11) is -2.58. The Morgan fingerprint density at radius 3 is 2.32 bits per heavy atom. The van der Waals surface area contributed by atoms with Gasteiger partial charge in [-0.1, -0.05) is 13.3 Å². The summed E-state index contributed by atoms with van der Waals surface area (Å²) in [5.74, 6) is -0.189. The van der Waals surface area contributed by atoms with Crippen LogP contribution in [-0.4, -0.2) is 40.8 Å². The summed E-state index contributed by atoms with van der Waals surface area (Å²) in [5, 5.41) is 2.45. The third-order valence-electron chi connectivity index (χ3n) is 4.10. The lowest BCUT2D eigenvalue weighted by atomic mass is 10.2. The second kappa shape index (κ2) is 11.2. The van der Waals surface area contributed by atoms with Gasteiger partial charge in [0, 0.05) is 5.69 Å². The molecule has 2 aromatic rings. The van der Waals surface area contributed by atoms with Crippen molar-refractivity contribution in [2.45, 2.75) is 31.6 Å². The number of nitrogens with one attached hydrogen (secondary N) is 2. The fourth-order valence-electron chi connectivity index (χ4n) is 2.51. The number of sulfonamides is 1. The van der Waals surface area contributed by atoms with E-state index in [2.05, 4.69) is 10.0 Å². The van der Waals surface area contributed by atoms with Gasteiger partial charge < -0.3 is 14.2 Å². The number of anilines is 2. The van der Waals surface area contributed by atoms with E-state index in [0.717, 1.165) is 12.8 Å². The summed E-state index contributed by atoms with van der Waals surface area (Å²) >= 11 is 0. The van der Waals surface area contributed by atoms with E-state index in [9.17, 15) is 18.0 Å². The molecule has 0 aliphatic heterocycles. The maximum absolute atomic E-state index is 12.8. The zero-order valence-electron chi connectivity index (χ0n) is 17.6. The Kier molecular flexibility index (Phi) is 8.68. The monoisotopic (exact) mass is 450 g/mol. The van der Waals surface area contributed by atoms with Gasteiger partial charge in [-0.15, -0.1) is 0 Å². The second-order valence-electron chi connectivity index (χ2n) is 6.38. The van der Waals surface area contributed by atoms with Crippen molar-refractivity contribution in [3.8, 4) is 5.75 Å². The summed E-state index contributed by atoms with van der Waals surface area (Å²) in [6.45, 7) is 4.14. The van der Waals surface area contributed by atoms with Crippen LogP contribution in [0.25, 0.3) is 0 Å². The van der Waals surface area contributed by atoms with E-state index in [1.807, 2.05) is 6.92 Å². The third kappa shape index (κ3) is 6.88. The Morgan fingerprint density at radius 2 is 1.71 bits per heavy atom. The quantitative estimate of drug-likeness (QED) is 0.414. The first-order chi connectivity index (χ1) is 14.8. The minimum absolute atomic E-state index is 0.0943. The fraction of sp³-hybridized carbons (Fsp3) is 0.333. The van der Waals surface area contributed by atoms with Crippen molar-refractivity contribution >= 4 is 33.5 Å². The summed E-state index contributed by atoms with van der Waals surface area (Å²) < 4.78 is 43.1. The van der Waals surface area contributed by atoms with Gasteiger partial charge in [-0.25, -0.2) is 18.0 Å². The highest BCUT2D eigenvalue weighted by Crippen LogP contribution is 2.28. The van der Waals surface area contributed by atoms with Crippen LogP contribution in [0.5, 0.6) is 5.75 Å².